The third-order valence-electron chi connectivity index (χ3n) is 2.04. The number of aliphatic hydroxyl groups excluding tert-OH is 1. The zero-order valence-corrected chi connectivity index (χ0v) is 9.38. The Morgan fingerprint density at radius 1 is 1.59 bits per heavy atom. The molecule has 0 saturated heterocycles. The van der Waals surface area contributed by atoms with E-state index in [0.29, 0.717) is 18.8 Å². The van der Waals surface area contributed by atoms with Gasteiger partial charge in [-0.3, -0.25) is 10.1 Å². The topological polar surface area (TPSA) is 126 Å². The maximum absolute atomic E-state index is 10.6. The van der Waals surface area contributed by atoms with Crippen LogP contribution in [0.15, 0.2) is 12.1 Å². The number of hydrogen-bond acceptors (Lipinski definition) is 7. The minimum absolute atomic E-state index is 0.104. The molecule has 17 heavy (non-hydrogen) atoms. The van der Waals surface area contributed by atoms with Gasteiger partial charge in [-0.2, -0.15) is 0 Å². The molecule has 8 nitrogen and oxygen atoms in total. The van der Waals surface area contributed by atoms with E-state index in [1.54, 1.807) is 6.92 Å². The Labute approximate surface area is 98.0 Å². The summed E-state index contributed by atoms with van der Waals surface area (Å²) in [6.45, 7) is 2.13. The Kier molecular flexibility index (Phi) is 4.61. The average molecular weight is 241 g/mol. The molecule has 5 N–H and O–H groups in total. The first-order chi connectivity index (χ1) is 8.02. The molecule has 8 heteroatoms. The lowest BCUT2D eigenvalue weighted by Crippen LogP contribution is -2.13. The number of nitrogens with zero attached hydrogens (tertiary/aromatic N) is 2. The van der Waals surface area contributed by atoms with Crippen molar-refractivity contribution in [2.75, 3.05) is 17.3 Å². The highest BCUT2D eigenvalue weighted by Gasteiger charge is 2.10. The molecule has 1 aromatic rings. The van der Waals surface area contributed by atoms with Crippen LogP contribution >= 0.6 is 0 Å². The summed E-state index contributed by atoms with van der Waals surface area (Å²) < 4.78 is 0. The highest BCUT2D eigenvalue weighted by molar-refractivity contribution is 5.54. The number of hydrazine groups is 1. The summed E-state index contributed by atoms with van der Waals surface area (Å²) >= 11 is 0. The molecule has 1 rings (SSSR count). The Balaban J connectivity index is 2.76. The highest BCUT2D eigenvalue weighted by Crippen LogP contribution is 2.19. The van der Waals surface area contributed by atoms with Crippen LogP contribution in [0.5, 0.6) is 0 Å². The fourth-order valence-corrected chi connectivity index (χ4v) is 1.20. The molecule has 0 spiro atoms. The van der Waals surface area contributed by atoms with Crippen molar-refractivity contribution in [3.8, 4) is 0 Å². The van der Waals surface area contributed by atoms with Crippen LogP contribution in [0.1, 0.15) is 13.3 Å². The summed E-state index contributed by atoms with van der Waals surface area (Å²) in [4.78, 5) is 14.1. The predicted octanol–water partition coefficient (Wildman–Crippen LogP) is 0.458. The first kappa shape index (κ1) is 13.1. The van der Waals surface area contributed by atoms with Crippen LogP contribution in [-0.4, -0.2) is 27.7 Å². The molecule has 0 bridgehead atoms. The number of anilines is 2. The van der Waals surface area contributed by atoms with E-state index in [2.05, 4.69) is 15.7 Å². The Morgan fingerprint density at radius 2 is 2.24 bits per heavy atom. The Bertz CT molecular complexity index is 396. The quantitative estimate of drug-likeness (QED) is 0.323. The van der Waals surface area contributed by atoms with E-state index in [1.807, 2.05) is 0 Å². The summed E-state index contributed by atoms with van der Waals surface area (Å²) in [5, 5.41) is 22.6. The monoisotopic (exact) mass is 241 g/mol. The molecule has 0 fully saturated rings. The highest BCUT2D eigenvalue weighted by atomic mass is 16.6. The third-order valence-corrected chi connectivity index (χ3v) is 2.04. The Morgan fingerprint density at radius 3 is 2.76 bits per heavy atom. The number of hydrogen-bond donors (Lipinski definition) is 4. The summed E-state index contributed by atoms with van der Waals surface area (Å²) in [6, 6.07) is 2.54. The number of nitrogen functional groups attached to an aromatic ring is 1. The largest absolute Gasteiger partial charge is 0.393 e. The number of pyridine rings is 1. The van der Waals surface area contributed by atoms with Gasteiger partial charge in [0.05, 0.1) is 23.2 Å². The van der Waals surface area contributed by atoms with Gasteiger partial charge in [0.1, 0.15) is 11.6 Å². The first-order valence-corrected chi connectivity index (χ1v) is 5.08. The van der Waals surface area contributed by atoms with E-state index < -0.39 is 11.0 Å². The molecule has 0 amide bonds. The van der Waals surface area contributed by atoms with Crippen LogP contribution in [0.4, 0.5) is 17.3 Å². The fourth-order valence-electron chi connectivity index (χ4n) is 1.20. The van der Waals surface area contributed by atoms with Crippen molar-refractivity contribution < 1.29 is 10.0 Å². The molecular formula is C9H15N5O3. The number of nitro groups is 1. The van der Waals surface area contributed by atoms with Crippen LogP contribution in [0, 0.1) is 10.1 Å². The van der Waals surface area contributed by atoms with Gasteiger partial charge in [0, 0.05) is 6.54 Å². The van der Waals surface area contributed by atoms with E-state index in [9.17, 15) is 10.1 Å². The van der Waals surface area contributed by atoms with Gasteiger partial charge in [0.2, 0.25) is 0 Å². The SMILES string of the molecule is CC(O)CCNc1cc([N+](=O)[O-])cc(NN)n1. The van der Waals surface area contributed by atoms with E-state index >= 15 is 0 Å². The van der Waals surface area contributed by atoms with Gasteiger partial charge in [-0.25, -0.2) is 10.8 Å². The lowest BCUT2D eigenvalue weighted by atomic mass is 10.3. The average Bonchev–Trinajstić information content (AvgIpc) is 2.28. The predicted molar refractivity (Wildman–Crippen MR) is 63.5 cm³/mol. The normalized spacial score (nSPS) is 11.9. The molecule has 0 saturated carbocycles. The molecule has 1 heterocycles. The van der Waals surface area contributed by atoms with Gasteiger partial charge in [-0.1, -0.05) is 0 Å². The molecule has 0 radical (unpaired) electrons. The lowest BCUT2D eigenvalue weighted by molar-refractivity contribution is -0.384. The molecule has 1 aromatic heterocycles. The Hall–Kier alpha value is -1.93. The maximum atomic E-state index is 10.6. The molecule has 0 aliphatic carbocycles. The number of aliphatic hydroxyl groups is 1. The molecule has 1 atom stereocenters. The van der Waals surface area contributed by atoms with Crippen molar-refractivity contribution in [1.29, 1.82) is 0 Å². The van der Waals surface area contributed by atoms with Gasteiger partial charge < -0.3 is 15.8 Å². The van der Waals surface area contributed by atoms with E-state index in [0.717, 1.165) is 0 Å². The lowest BCUT2D eigenvalue weighted by Gasteiger charge is -2.08. The van der Waals surface area contributed by atoms with E-state index in [4.69, 9.17) is 10.9 Å². The number of nitrogens with two attached hydrogens (primary N) is 1. The van der Waals surface area contributed by atoms with Crippen molar-refractivity contribution in [3.63, 3.8) is 0 Å². The van der Waals surface area contributed by atoms with Crippen LogP contribution in [0.2, 0.25) is 0 Å². The van der Waals surface area contributed by atoms with Crippen LogP contribution in [0.3, 0.4) is 0 Å². The van der Waals surface area contributed by atoms with Crippen LogP contribution in [-0.2, 0) is 0 Å². The van der Waals surface area contributed by atoms with E-state index in [-0.39, 0.29) is 11.5 Å². The van der Waals surface area contributed by atoms with Crippen molar-refractivity contribution >= 4 is 17.3 Å². The van der Waals surface area contributed by atoms with Gasteiger partial charge >= 0.3 is 0 Å². The van der Waals surface area contributed by atoms with Crippen molar-refractivity contribution in [2.45, 2.75) is 19.4 Å². The number of nitrogens with one attached hydrogen (secondary N) is 2. The second-order valence-electron chi connectivity index (χ2n) is 3.56. The second-order valence-corrected chi connectivity index (χ2v) is 3.56. The summed E-state index contributed by atoms with van der Waals surface area (Å²) in [5.41, 5.74) is 2.15. The maximum Gasteiger partial charge on any atom is 0.276 e. The zero-order valence-electron chi connectivity index (χ0n) is 9.38. The molecule has 1 unspecified atom stereocenters. The van der Waals surface area contributed by atoms with Gasteiger partial charge in [0.25, 0.3) is 5.69 Å². The second kappa shape index (κ2) is 5.97. The molecule has 0 aromatic carbocycles. The van der Waals surface area contributed by atoms with Crippen molar-refractivity contribution in [1.82, 2.24) is 4.98 Å². The van der Waals surface area contributed by atoms with E-state index in [1.165, 1.54) is 12.1 Å². The first-order valence-electron chi connectivity index (χ1n) is 5.08. The van der Waals surface area contributed by atoms with Crippen LogP contribution in [0.25, 0.3) is 0 Å². The van der Waals surface area contributed by atoms with Crippen molar-refractivity contribution in [2.24, 2.45) is 5.84 Å². The minimum Gasteiger partial charge on any atom is -0.393 e. The van der Waals surface area contributed by atoms with Gasteiger partial charge in [0.15, 0.2) is 0 Å². The number of aromatic nitrogens is 1. The smallest absolute Gasteiger partial charge is 0.276 e. The standard InChI is InChI=1S/C9H15N5O3/c1-6(15)2-3-11-8-4-7(14(16)17)5-9(12-8)13-10/h4-6,15H,2-3,10H2,1H3,(H2,11,12,13). The summed E-state index contributed by atoms with van der Waals surface area (Å²) in [5.74, 6) is 5.71. The van der Waals surface area contributed by atoms with Crippen LogP contribution < -0.4 is 16.6 Å². The summed E-state index contributed by atoms with van der Waals surface area (Å²) in [6.07, 6.45) is 0.0868. The molecule has 0 aliphatic heterocycles. The number of rotatable bonds is 6. The van der Waals surface area contributed by atoms with Gasteiger partial charge in [-0.05, 0) is 13.3 Å². The fraction of sp³-hybridized carbons (Fsp3) is 0.444. The minimum atomic E-state index is -0.525. The summed E-state index contributed by atoms with van der Waals surface area (Å²) in [7, 11) is 0. The van der Waals surface area contributed by atoms with Crippen molar-refractivity contribution in [3.05, 3.63) is 22.2 Å². The zero-order chi connectivity index (χ0) is 12.8. The molecular weight excluding hydrogens is 226 g/mol. The third kappa shape index (κ3) is 4.21. The molecule has 94 valence electrons. The molecule has 0 aliphatic rings. The van der Waals surface area contributed by atoms with Gasteiger partial charge in [-0.15, -0.1) is 0 Å².